The highest BCUT2D eigenvalue weighted by molar-refractivity contribution is 5.82. The topological polar surface area (TPSA) is 63.4 Å². The van der Waals surface area contributed by atoms with E-state index in [4.69, 9.17) is 5.73 Å². The zero-order chi connectivity index (χ0) is 8.15. The Morgan fingerprint density at radius 1 is 1.80 bits per heavy atom. The number of likely N-dealkylation sites (N-methyl/N-ethyl adjacent to an activating group) is 1. The molecule has 4 nitrogen and oxygen atoms in total. The van der Waals surface area contributed by atoms with Crippen molar-refractivity contribution in [2.45, 2.75) is 20.0 Å². The molecule has 58 valence electrons. The number of nitrogens with zero attached hydrogens (tertiary/aromatic N) is 1. The molecule has 0 radical (unpaired) electrons. The lowest BCUT2D eigenvalue weighted by molar-refractivity contribution is -0.129. The van der Waals surface area contributed by atoms with E-state index in [0.29, 0.717) is 13.0 Å². The fourth-order valence-corrected chi connectivity index (χ4v) is 0.570. The minimum atomic E-state index is -0.775. The molecule has 0 bridgehead atoms. The van der Waals surface area contributed by atoms with Crippen LogP contribution < -0.4 is 5.73 Å². The summed E-state index contributed by atoms with van der Waals surface area (Å²) in [6, 6.07) is 0. The number of rotatable bonds is 4. The molecule has 0 aliphatic heterocycles. The number of nitrogens with two attached hydrogens (primary N) is 1. The number of ketones is 1. The van der Waals surface area contributed by atoms with Gasteiger partial charge in [0.15, 0.2) is 5.78 Å². The van der Waals surface area contributed by atoms with Crippen molar-refractivity contribution in [1.82, 2.24) is 4.90 Å². The van der Waals surface area contributed by atoms with Gasteiger partial charge in [-0.2, -0.15) is 0 Å². The van der Waals surface area contributed by atoms with E-state index in [1.54, 1.807) is 6.92 Å². The summed E-state index contributed by atoms with van der Waals surface area (Å²) in [5.74, 6) is -0.200. The number of carbonyl (C=O) groups excluding carboxylic acids is 2. The SMILES string of the molecule is CCN(C=O)C(N)C(C)=O. The van der Waals surface area contributed by atoms with E-state index in [2.05, 4.69) is 0 Å². The molecule has 0 heterocycles. The lowest BCUT2D eigenvalue weighted by Gasteiger charge is -2.19. The second-order valence-electron chi connectivity index (χ2n) is 1.99. The molecule has 0 aromatic rings. The summed E-state index contributed by atoms with van der Waals surface area (Å²) < 4.78 is 0. The van der Waals surface area contributed by atoms with Crippen molar-refractivity contribution >= 4 is 12.2 Å². The highest BCUT2D eigenvalue weighted by atomic mass is 16.1. The van der Waals surface area contributed by atoms with Gasteiger partial charge in [-0.25, -0.2) is 0 Å². The first kappa shape index (κ1) is 9.10. The minimum absolute atomic E-state index is 0.200. The molecule has 10 heavy (non-hydrogen) atoms. The van der Waals surface area contributed by atoms with E-state index < -0.39 is 6.17 Å². The Bertz CT molecular complexity index is 136. The molecule has 0 fully saturated rings. The zero-order valence-corrected chi connectivity index (χ0v) is 6.20. The maximum Gasteiger partial charge on any atom is 0.211 e. The van der Waals surface area contributed by atoms with Gasteiger partial charge in [0.1, 0.15) is 6.17 Å². The van der Waals surface area contributed by atoms with Crippen LogP contribution in [0.15, 0.2) is 0 Å². The van der Waals surface area contributed by atoms with E-state index >= 15 is 0 Å². The van der Waals surface area contributed by atoms with Crippen LogP contribution in [0, 0.1) is 0 Å². The molecule has 0 saturated carbocycles. The van der Waals surface area contributed by atoms with Crippen LogP contribution in [0.5, 0.6) is 0 Å². The molecule has 1 unspecified atom stereocenters. The molecule has 4 heteroatoms. The predicted octanol–water partition coefficient (Wildman–Crippen LogP) is -0.662. The quantitative estimate of drug-likeness (QED) is 0.421. The second-order valence-corrected chi connectivity index (χ2v) is 1.99. The molecule has 0 aliphatic rings. The van der Waals surface area contributed by atoms with Crippen LogP contribution >= 0.6 is 0 Å². The summed E-state index contributed by atoms with van der Waals surface area (Å²) >= 11 is 0. The largest absolute Gasteiger partial charge is 0.323 e. The van der Waals surface area contributed by atoms with Crippen molar-refractivity contribution in [1.29, 1.82) is 0 Å². The number of hydrogen-bond acceptors (Lipinski definition) is 3. The van der Waals surface area contributed by atoms with Crippen molar-refractivity contribution in [3.05, 3.63) is 0 Å². The monoisotopic (exact) mass is 144 g/mol. The molecule has 2 N–H and O–H groups in total. The van der Waals surface area contributed by atoms with Crippen molar-refractivity contribution in [2.75, 3.05) is 6.54 Å². The Morgan fingerprint density at radius 3 is 2.40 bits per heavy atom. The van der Waals surface area contributed by atoms with Gasteiger partial charge < -0.3 is 10.6 Å². The highest BCUT2D eigenvalue weighted by Crippen LogP contribution is 1.88. The fraction of sp³-hybridized carbons (Fsp3) is 0.667. The smallest absolute Gasteiger partial charge is 0.211 e. The van der Waals surface area contributed by atoms with Gasteiger partial charge in [-0.05, 0) is 13.8 Å². The third kappa shape index (κ3) is 2.14. The molecule has 0 spiro atoms. The summed E-state index contributed by atoms with van der Waals surface area (Å²) in [4.78, 5) is 22.0. The van der Waals surface area contributed by atoms with E-state index in [0.717, 1.165) is 0 Å². The first-order chi connectivity index (χ1) is 4.63. The lowest BCUT2D eigenvalue weighted by Crippen LogP contribution is -2.45. The second kappa shape index (κ2) is 4.00. The third-order valence-electron chi connectivity index (χ3n) is 1.27. The molecule has 0 saturated heterocycles. The van der Waals surface area contributed by atoms with Gasteiger partial charge >= 0.3 is 0 Å². The molecule has 0 aliphatic carbocycles. The van der Waals surface area contributed by atoms with Gasteiger partial charge in [-0.15, -0.1) is 0 Å². The molecule has 0 aromatic heterocycles. The van der Waals surface area contributed by atoms with Crippen LogP contribution in [-0.2, 0) is 9.59 Å². The molecular formula is C6H12N2O2. The zero-order valence-electron chi connectivity index (χ0n) is 6.20. The average Bonchev–Trinajstić information content (AvgIpc) is 1.90. The van der Waals surface area contributed by atoms with Gasteiger partial charge in [-0.3, -0.25) is 9.59 Å². The van der Waals surface area contributed by atoms with Crippen LogP contribution in [0.4, 0.5) is 0 Å². The summed E-state index contributed by atoms with van der Waals surface area (Å²) in [7, 11) is 0. The summed E-state index contributed by atoms with van der Waals surface area (Å²) in [5, 5.41) is 0. The Balaban J connectivity index is 4.00. The lowest BCUT2D eigenvalue weighted by atomic mass is 10.3. The highest BCUT2D eigenvalue weighted by Gasteiger charge is 2.13. The Morgan fingerprint density at radius 2 is 2.30 bits per heavy atom. The van der Waals surface area contributed by atoms with Crippen molar-refractivity contribution < 1.29 is 9.59 Å². The minimum Gasteiger partial charge on any atom is -0.323 e. The van der Waals surface area contributed by atoms with E-state index in [1.165, 1.54) is 11.8 Å². The number of carbonyl (C=O) groups is 2. The Labute approximate surface area is 60.0 Å². The fourth-order valence-electron chi connectivity index (χ4n) is 0.570. The van der Waals surface area contributed by atoms with Crippen LogP contribution in [0.3, 0.4) is 0 Å². The molecule has 1 amide bonds. The maximum absolute atomic E-state index is 10.6. The van der Waals surface area contributed by atoms with Gasteiger partial charge in [0.25, 0.3) is 0 Å². The molecule has 1 atom stereocenters. The van der Waals surface area contributed by atoms with Crippen molar-refractivity contribution in [3.63, 3.8) is 0 Å². The molecule has 0 aromatic carbocycles. The first-order valence-corrected chi connectivity index (χ1v) is 3.10. The first-order valence-electron chi connectivity index (χ1n) is 3.10. The summed E-state index contributed by atoms with van der Waals surface area (Å²) in [6.45, 7) is 3.58. The van der Waals surface area contributed by atoms with Gasteiger partial charge in [-0.1, -0.05) is 0 Å². The van der Waals surface area contributed by atoms with E-state index in [-0.39, 0.29) is 5.78 Å². The molecular weight excluding hydrogens is 132 g/mol. The van der Waals surface area contributed by atoms with Crippen LogP contribution in [0.2, 0.25) is 0 Å². The normalized spacial score (nSPS) is 12.3. The van der Waals surface area contributed by atoms with Crippen molar-refractivity contribution in [2.24, 2.45) is 5.73 Å². The van der Waals surface area contributed by atoms with Crippen LogP contribution in [0.1, 0.15) is 13.8 Å². The molecule has 0 rings (SSSR count). The standard InChI is InChI=1S/C6H12N2O2/c1-3-8(4-9)6(7)5(2)10/h4,6H,3,7H2,1-2H3. The number of Topliss-reactive ketones (excluding diaryl/α,β-unsaturated/α-hetero) is 1. The third-order valence-corrected chi connectivity index (χ3v) is 1.27. The average molecular weight is 144 g/mol. The summed E-state index contributed by atoms with van der Waals surface area (Å²) in [6.07, 6.45) is -0.200. The van der Waals surface area contributed by atoms with Gasteiger partial charge in [0.05, 0.1) is 0 Å². The Kier molecular flexibility index (Phi) is 3.64. The predicted molar refractivity (Wildman–Crippen MR) is 37.1 cm³/mol. The Hall–Kier alpha value is -0.900. The van der Waals surface area contributed by atoms with Crippen LogP contribution in [0.25, 0.3) is 0 Å². The van der Waals surface area contributed by atoms with Crippen molar-refractivity contribution in [3.8, 4) is 0 Å². The van der Waals surface area contributed by atoms with Crippen LogP contribution in [-0.4, -0.2) is 29.8 Å². The maximum atomic E-state index is 10.6. The number of hydrogen-bond donors (Lipinski definition) is 1. The van der Waals surface area contributed by atoms with Gasteiger partial charge in [0, 0.05) is 6.54 Å². The summed E-state index contributed by atoms with van der Waals surface area (Å²) in [5.41, 5.74) is 5.33. The number of amides is 1. The van der Waals surface area contributed by atoms with E-state index in [1.807, 2.05) is 0 Å². The van der Waals surface area contributed by atoms with E-state index in [9.17, 15) is 9.59 Å². The van der Waals surface area contributed by atoms with Gasteiger partial charge in [0.2, 0.25) is 6.41 Å².